The zero-order valence-corrected chi connectivity index (χ0v) is 11.4. The second kappa shape index (κ2) is 5.74. The first kappa shape index (κ1) is 13.4. The molecule has 1 aliphatic rings. The van der Waals surface area contributed by atoms with Crippen LogP contribution >= 0.6 is 24.0 Å². The lowest BCUT2D eigenvalue weighted by molar-refractivity contribution is 0.123. The van der Waals surface area contributed by atoms with E-state index in [1.165, 1.54) is 5.69 Å². The average Bonchev–Trinajstić information content (AvgIpc) is 2.39. The first-order chi connectivity index (χ1) is 8.34. The standard InChI is InChI=1S/C13H13ClN2O.ClH/c14-10-1-2-11-12(9-10)15-4-3-13(11)16-5-7-17-8-6-16;/h1-4,9H,5-8H2;1H. The van der Waals surface area contributed by atoms with Gasteiger partial charge in [0, 0.05) is 35.4 Å². The van der Waals surface area contributed by atoms with Gasteiger partial charge in [-0.05, 0) is 24.3 Å². The number of morpholine rings is 1. The highest BCUT2D eigenvalue weighted by Gasteiger charge is 2.13. The van der Waals surface area contributed by atoms with Crippen molar-refractivity contribution < 1.29 is 4.74 Å². The third-order valence-corrected chi connectivity index (χ3v) is 3.27. The van der Waals surface area contributed by atoms with Gasteiger partial charge >= 0.3 is 0 Å². The van der Waals surface area contributed by atoms with E-state index in [1.807, 2.05) is 24.4 Å². The molecule has 1 aromatic heterocycles. The van der Waals surface area contributed by atoms with Gasteiger partial charge in [0.25, 0.3) is 0 Å². The summed E-state index contributed by atoms with van der Waals surface area (Å²) in [5, 5.41) is 1.88. The van der Waals surface area contributed by atoms with Crippen molar-refractivity contribution in [1.29, 1.82) is 0 Å². The number of anilines is 1. The predicted molar refractivity (Wildman–Crippen MR) is 77.0 cm³/mol. The van der Waals surface area contributed by atoms with Gasteiger partial charge in [0.05, 0.1) is 18.7 Å². The highest BCUT2D eigenvalue weighted by molar-refractivity contribution is 6.31. The monoisotopic (exact) mass is 284 g/mol. The number of aromatic nitrogens is 1. The van der Waals surface area contributed by atoms with Crippen molar-refractivity contribution in [3.8, 4) is 0 Å². The third kappa shape index (κ3) is 2.53. The van der Waals surface area contributed by atoms with E-state index < -0.39 is 0 Å². The maximum Gasteiger partial charge on any atom is 0.0737 e. The lowest BCUT2D eigenvalue weighted by Crippen LogP contribution is -2.36. The number of pyridine rings is 1. The molecule has 3 nitrogen and oxygen atoms in total. The van der Waals surface area contributed by atoms with Gasteiger partial charge in [-0.25, -0.2) is 0 Å². The molecule has 18 heavy (non-hydrogen) atoms. The molecular formula is C13H14Cl2N2O. The summed E-state index contributed by atoms with van der Waals surface area (Å²) in [7, 11) is 0. The summed E-state index contributed by atoms with van der Waals surface area (Å²) in [6, 6.07) is 7.91. The van der Waals surface area contributed by atoms with E-state index in [2.05, 4.69) is 16.0 Å². The zero-order valence-electron chi connectivity index (χ0n) is 9.80. The normalized spacial score (nSPS) is 15.5. The van der Waals surface area contributed by atoms with Crippen LogP contribution in [0.5, 0.6) is 0 Å². The number of halogens is 2. The number of ether oxygens (including phenoxy) is 1. The maximum absolute atomic E-state index is 5.98. The number of benzene rings is 1. The van der Waals surface area contributed by atoms with E-state index in [9.17, 15) is 0 Å². The minimum absolute atomic E-state index is 0. The Hall–Kier alpha value is -1.03. The molecule has 1 saturated heterocycles. The molecule has 1 fully saturated rings. The number of hydrogen-bond donors (Lipinski definition) is 0. The summed E-state index contributed by atoms with van der Waals surface area (Å²) < 4.78 is 5.37. The van der Waals surface area contributed by atoms with Crippen LogP contribution < -0.4 is 4.90 Å². The molecule has 0 atom stereocenters. The zero-order chi connectivity index (χ0) is 11.7. The molecule has 2 heterocycles. The number of hydrogen-bond acceptors (Lipinski definition) is 3. The number of rotatable bonds is 1. The van der Waals surface area contributed by atoms with Crippen LogP contribution in [-0.2, 0) is 4.74 Å². The smallest absolute Gasteiger partial charge is 0.0737 e. The van der Waals surface area contributed by atoms with Gasteiger partial charge < -0.3 is 9.64 Å². The molecule has 1 aromatic carbocycles. The van der Waals surface area contributed by atoms with Crippen LogP contribution in [0.15, 0.2) is 30.5 Å². The highest BCUT2D eigenvalue weighted by atomic mass is 35.5. The lowest BCUT2D eigenvalue weighted by Gasteiger charge is -2.29. The van der Waals surface area contributed by atoms with Crippen molar-refractivity contribution in [3.63, 3.8) is 0 Å². The number of fused-ring (bicyclic) bond motifs is 1. The minimum Gasteiger partial charge on any atom is -0.378 e. The Labute approximate surface area is 117 Å². The van der Waals surface area contributed by atoms with Gasteiger partial charge in [0.15, 0.2) is 0 Å². The first-order valence-electron chi connectivity index (χ1n) is 5.71. The summed E-state index contributed by atoms with van der Waals surface area (Å²) in [4.78, 5) is 6.69. The molecule has 2 aromatic rings. The van der Waals surface area contributed by atoms with E-state index in [0.29, 0.717) is 0 Å². The molecule has 5 heteroatoms. The largest absolute Gasteiger partial charge is 0.378 e. The Balaban J connectivity index is 0.00000120. The Morgan fingerprint density at radius 3 is 2.72 bits per heavy atom. The van der Waals surface area contributed by atoms with Crippen molar-refractivity contribution in [2.24, 2.45) is 0 Å². The fourth-order valence-electron chi connectivity index (χ4n) is 2.19. The van der Waals surface area contributed by atoms with Crippen LogP contribution in [-0.4, -0.2) is 31.3 Å². The van der Waals surface area contributed by atoms with Gasteiger partial charge in [-0.1, -0.05) is 11.6 Å². The quantitative estimate of drug-likeness (QED) is 0.805. The summed E-state index contributed by atoms with van der Waals surface area (Å²) in [5.74, 6) is 0. The summed E-state index contributed by atoms with van der Waals surface area (Å²) in [6.45, 7) is 3.44. The molecule has 0 unspecified atom stereocenters. The van der Waals surface area contributed by atoms with E-state index in [-0.39, 0.29) is 12.4 Å². The molecule has 1 aliphatic heterocycles. The molecular weight excluding hydrogens is 271 g/mol. The Bertz CT molecular complexity index is 542. The van der Waals surface area contributed by atoms with Gasteiger partial charge in [-0.3, -0.25) is 4.98 Å². The van der Waals surface area contributed by atoms with E-state index >= 15 is 0 Å². The summed E-state index contributed by atoms with van der Waals surface area (Å²) >= 11 is 5.98. The van der Waals surface area contributed by atoms with Crippen LogP contribution in [0, 0.1) is 0 Å². The molecule has 0 spiro atoms. The van der Waals surface area contributed by atoms with Crippen LogP contribution in [0.3, 0.4) is 0 Å². The van der Waals surface area contributed by atoms with Crippen LogP contribution in [0.25, 0.3) is 10.9 Å². The van der Waals surface area contributed by atoms with Gasteiger partial charge in [0.2, 0.25) is 0 Å². The molecule has 96 valence electrons. The molecule has 0 amide bonds. The van der Waals surface area contributed by atoms with E-state index in [1.54, 1.807) is 0 Å². The molecule has 0 N–H and O–H groups in total. The summed E-state index contributed by atoms with van der Waals surface area (Å²) in [6.07, 6.45) is 1.84. The van der Waals surface area contributed by atoms with E-state index in [0.717, 1.165) is 42.2 Å². The van der Waals surface area contributed by atoms with Crippen molar-refractivity contribution in [3.05, 3.63) is 35.5 Å². The maximum atomic E-state index is 5.98. The predicted octanol–water partition coefficient (Wildman–Crippen LogP) is 3.15. The molecule has 0 saturated carbocycles. The number of nitrogens with zero attached hydrogens (tertiary/aromatic N) is 2. The van der Waals surface area contributed by atoms with E-state index in [4.69, 9.17) is 16.3 Å². The average molecular weight is 285 g/mol. The van der Waals surface area contributed by atoms with Crippen LogP contribution in [0.1, 0.15) is 0 Å². The minimum atomic E-state index is 0. The fraction of sp³-hybridized carbons (Fsp3) is 0.308. The second-order valence-electron chi connectivity index (χ2n) is 4.09. The second-order valence-corrected chi connectivity index (χ2v) is 4.53. The van der Waals surface area contributed by atoms with Crippen molar-refractivity contribution in [2.75, 3.05) is 31.2 Å². The Morgan fingerprint density at radius 2 is 1.94 bits per heavy atom. The van der Waals surface area contributed by atoms with Crippen molar-refractivity contribution >= 4 is 40.6 Å². The molecule has 0 bridgehead atoms. The lowest BCUT2D eigenvalue weighted by atomic mass is 10.1. The fourth-order valence-corrected chi connectivity index (χ4v) is 2.35. The summed E-state index contributed by atoms with van der Waals surface area (Å²) in [5.41, 5.74) is 2.16. The molecule has 0 aliphatic carbocycles. The first-order valence-corrected chi connectivity index (χ1v) is 6.09. The van der Waals surface area contributed by atoms with Gasteiger partial charge in [0.1, 0.15) is 0 Å². The topological polar surface area (TPSA) is 25.4 Å². The molecule has 0 radical (unpaired) electrons. The Morgan fingerprint density at radius 1 is 1.17 bits per heavy atom. The van der Waals surface area contributed by atoms with Gasteiger partial charge in [-0.2, -0.15) is 0 Å². The van der Waals surface area contributed by atoms with Crippen LogP contribution in [0.4, 0.5) is 5.69 Å². The molecule has 3 rings (SSSR count). The van der Waals surface area contributed by atoms with Crippen LogP contribution in [0.2, 0.25) is 5.02 Å². The van der Waals surface area contributed by atoms with Gasteiger partial charge in [-0.15, -0.1) is 12.4 Å². The SMILES string of the molecule is Cl.Clc1ccc2c(N3CCOCC3)ccnc2c1. The Kier molecular flexibility index (Phi) is 4.27. The highest BCUT2D eigenvalue weighted by Crippen LogP contribution is 2.27. The van der Waals surface area contributed by atoms with Crippen molar-refractivity contribution in [2.45, 2.75) is 0 Å². The van der Waals surface area contributed by atoms with Crippen molar-refractivity contribution in [1.82, 2.24) is 4.98 Å². The third-order valence-electron chi connectivity index (χ3n) is 3.03.